The van der Waals surface area contributed by atoms with E-state index in [1.54, 1.807) is 50.7 Å². The molecule has 1 aliphatic heterocycles. The van der Waals surface area contributed by atoms with Crippen LogP contribution in [0.2, 0.25) is 0 Å². The van der Waals surface area contributed by atoms with Crippen molar-refractivity contribution < 1.29 is 33.4 Å². The highest BCUT2D eigenvalue weighted by atomic mass is 16.6. The Balaban J connectivity index is 1.30. The van der Waals surface area contributed by atoms with Gasteiger partial charge < -0.3 is 46.2 Å². The zero-order valence-corrected chi connectivity index (χ0v) is 30.9. The molecule has 1 atom stereocenters. The standard InChI is InChI=1S/C36H48N10O7/c1-7-45-26(14-20(2)43-45)33(49)42-34-41-25-16-22(32(39)48)18-28-30(25)46(34)23(19-52-28)10-8-11-40-29-24(37)15-21(31(38)47)17-27(29)51-13-9-12-44(6)35(50)53-36(3,4)5/h14-18,23,40H,7-13,19,37H2,1-6H3,(H2,38,47)(H2,39,48)(H,41,42,49)/t23-/m0/s1. The normalized spacial score (nSPS) is 13.7. The van der Waals surface area contributed by atoms with Gasteiger partial charge in [-0.05, 0) is 84.2 Å². The summed E-state index contributed by atoms with van der Waals surface area (Å²) in [6, 6.07) is 7.66. The maximum absolute atomic E-state index is 13.5. The van der Waals surface area contributed by atoms with E-state index in [1.165, 1.54) is 17.0 Å². The summed E-state index contributed by atoms with van der Waals surface area (Å²) in [4.78, 5) is 56.1. The van der Waals surface area contributed by atoms with Crippen molar-refractivity contribution >= 4 is 52.2 Å². The number of hydrogen-bond acceptors (Lipinski definition) is 11. The number of nitrogens with zero attached hydrogens (tertiary/aromatic N) is 5. The van der Waals surface area contributed by atoms with Gasteiger partial charge in [0.2, 0.25) is 17.8 Å². The van der Waals surface area contributed by atoms with Crippen molar-refractivity contribution in [1.29, 1.82) is 0 Å². The van der Waals surface area contributed by atoms with Crippen LogP contribution in [0, 0.1) is 6.92 Å². The number of benzene rings is 2. The molecule has 8 N–H and O–H groups in total. The largest absolute Gasteiger partial charge is 0.491 e. The Morgan fingerprint density at radius 2 is 1.77 bits per heavy atom. The number of carbonyl (C=O) groups excluding carboxylic acids is 4. The topological polar surface area (TPSA) is 237 Å². The van der Waals surface area contributed by atoms with Gasteiger partial charge in [-0.25, -0.2) is 9.78 Å². The first-order valence-electron chi connectivity index (χ1n) is 17.4. The molecule has 1 aliphatic rings. The first-order chi connectivity index (χ1) is 25.1. The minimum atomic E-state index is -0.651. The Hall–Kier alpha value is -6.00. The Labute approximate surface area is 307 Å². The Kier molecular flexibility index (Phi) is 11.3. The maximum atomic E-state index is 13.5. The van der Waals surface area contributed by atoms with Crippen LogP contribution in [-0.2, 0) is 11.3 Å². The molecule has 0 bridgehead atoms. The average molecular weight is 733 g/mol. The van der Waals surface area contributed by atoms with E-state index in [9.17, 15) is 19.2 Å². The summed E-state index contributed by atoms with van der Waals surface area (Å²) in [6.45, 7) is 10.9. The van der Waals surface area contributed by atoms with E-state index < -0.39 is 23.5 Å². The zero-order valence-electron chi connectivity index (χ0n) is 30.9. The van der Waals surface area contributed by atoms with E-state index >= 15 is 0 Å². The van der Waals surface area contributed by atoms with Gasteiger partial charge in [0.15, 0.2) is 0 Å². The number of carbonyl (C=O) groups is 4. The molecule has 5 rings (SSSR count). The van der Waals surface area contributed by atoms with Crippen molar-refractivity contribution in [2.45, 2.75) is 72.1 Å². The van der Waals surface area contributed by atoms with E-state index in [0.29, 0.717) is 84.5 Å². The van der Waals surface area contributed by atoms with Crippen molar-refractivity contribution in [2.75, 3.05) is 49.7 Å². The summed E-state index contributed by atoms with van der Waals surface area (Å²) in [6.07, 6.45) is 1.26. The lowest BCUT2D eigenvalue weighted by molar-refractivity contribution is 0.0291. The molecule has 0 unspecified atom stereocenters. The molecular formula is C36H48N10O7. The predicted molar refractivity (Wildman–Crippen MR) is 199 cm³/mol. The van der Waals surface area contributed by atoms with Gasteiger partial charge in [-0.15, -0.1) is 0 Å². The average Bonchev–Trinajstić information content (AvgIpc) is 3.65. The third kappa shape index (κ3) is 8.91. The van der Waals surface area contributed by atoms with Crippen LogP contribution in [0.1, 0.15) is 89.9 Å². The van der Waals surface area contributed by atoms with Crippen LogP contribution >= 0.6 is 0 Å². The van der Waals surface area contributed by atoms with Crippen molar-refractivity contribution in [3.8, 4) is 11.5 Å². The summed E-state index contributed by atoms with van der Waals surface area (Å²) in [5.41, 5.74) is 20.3. The Morgan fingerprint density at radius 1 is 1.06 bits per heavy atom. The number of amides is 4. The molecule has 0 aliphatic carbocycles. The SMILES string of the molecule is CCn1nc(C)cc1C(=O)Nc1nc2cc(C(N)=O)cc3c2n1[C@@H](CCCNc1c(N)cc(C(N)=O)cc1OCCCN(C)C(=O)OC(C)(C)C)CO3. The van der Waals surface area contributed by atoms with Crippen LogP contribution in [0.3, 0.4) is 0 Å². The number of primary amides is 2. The molecule has 0 saturated carbocycles. The van der Waals surface area contributed by atoms with Crippen molar-refractivity contribution in [3.63, 3.8) is 0 Å². The van der Waals surface area contributed by atoms with E-state index in [2.05, 4.69) is 15.7 Å². The minimum absolute atomic E-state index is 0.197. The second-order valence-corrected chi connectivity index (χ2v) is 13.9. The third-order valence-corrected chi connectivity index (χ3v) is 8.52. The summed E-state index contributed by atoms with van der Waals surface area (Å²) >= 11 is 0. The van der Waals surface area contributed by atoms with Gasteiger partial charge >= 0.3 is 6.09 Å². The number of rotatable bonds is 15. The highest BCUT2D eigenvalue weighted by Crippen LogP contribution is 2.39. The molecule has 17 nitrogen and oxygen atoms in total. The fourth-order valence-electron chi connectivity index (χ4n) is 6.05. The molecule has 4 amide bonds. The molecule has 17 heteroatoms. The van der Waals surface area contributed by atoms with Gasteiger partial charge in [0.25, 0.3) is 5.91 Å². The predicted octanol–water partition coefficient (Wildman–Crippen LogP) is 4.06. The molecule has 4 aromatic rings. The molecule has 2 aromatic heterocycles. The highest BCUT2D eigenvalue weighted by Gasteiger charge is 2.30. The number of anilines is 3. The number of aromatic nitrogens is 4. The molecule has 0 radical (unpaired) electrons. The van der Waals surface area contributed by atoms with Crippen LogP contribution in [0.15, 0.2) is 30.3 Å². The van der Waals surface area contributed by atoms with Gasteiger partial charge in [0, 0.05) is 37.8 Å². The Morgan fingerprint density at radius 3 is 2.45 bits per heavy atom. The van der Waals surface area contributed by atoms with Crippen LogP contribution in [-0.4, -0.2) is 87.0 Å². The molecule has 2 aromatic carbocycles. The van der Waals surface area contributed by atoms with Crippen molar-refractivity contribution in [3.05, 3.63) is 52.8 Å². The van der Waals surface area contributed by atoms with Crippen LogP contribution in [0.25, 0.3) is 11.0 Å². The first-order valence-corrected chi connectivity index (χ1v) is 17.4. The van der Waals surface area contributed by atoms with Gasteiger partial charge in [-0.1, -0.05) is 0 Å². The van der Waals surface area contributed by atoms with Crippen LogP contribution < -0.4 is 37.3 Å². The number of nitrogens with two attached hydrogens (primary N) is 3. The number of ether oxygens (including phenoxy) is 3. The lowest BCUT2D eigenvalue weighted by Gasteiger charge is -2.27. The Bertz CT molecular complexity index is 2030. The molecule has 0 saturated heterocycles. The number of nitrogen functional groups attached to an aromatic ring is 1. The van der Waals surface area contributed by atoms with E-state index in [-0.39, 0.29) is 42.0 Å². The third-order valence-electron chi connectivity index (χ3n) is 8.52. The van der Waals surface area contributed by atoms with Crippen LogP contribution in [0.4, 0.5) is 22.1 Å². The highest BCUT2D eigenvalue weighted by molar-refractivity contribution is 6.04. The second kappa shape index (κ2) is 15.7. The number of hydrogen-bond donors (Lipinski definition) is 5. The molecule has 3 heterocycles. The second-order valence-electron chi connectivity index (χ2n) is 13.9. The fraction of sp³-hybridized carbons (Fsp3) is 0.444. The van der Waals surface area contributed by atoms with E-state index in [0.717, 1.165) is 0 Å². The lowest BCUT2D eigenvalue weighted by atomic mass is 10.1. The molecule has 0 spiro atoms. The number of imidazole rings is 1. The van der Waals surface area contributed by atoms with Gasteiger partial charge in [-0.2, -0.15) is 5.10 Å². The summed E-state index contributed by atoms with van der Waals surface area (Å²) in [5, 5.41) is 10.7. The van der Waals surface area contributed by atoms with Gasteiger partial charge in [0.1, 0.15) is 40.6 Å². The maximum Gasteiger partial charge on any atom is 0.410 e. The monoisotopic (exact) mass is 732 g/mol. The number of aryl methyl sites for hydroxylation is 2. The summed E-state index contributed by atoms with van der Waals surface area (Å²) in [7, 11) is 1.65. The quantitative estimate of drug-likeness (QED) is 0.0863. The van der Waals surface area contributed by atoms with Gasteiger partial charge in [0.05, 0.1) is 29.5 Å². The molecular weight excluding hydrogens is 684 g/mol. The van der Waals surface area contributed by atoms with Crippen LogP contribution in [0.5, 0.6) is 11.5 Å². The summed E-state index contributed by atoms with van der Waals surface area (Å²) < 4.78 is 21.1. The minimum Gasteiger partial charge on any atom is -0.491 e. The number of nitrogens with one attached hydrogen (secondary N) is 2. The smallest absolute Gasteiger partial charge is 0.410 e. The van der Waals surface area contributed by atoms with E-state index in [4.69, 9.17) is 36.4 Å². The molecule has 284 valence electrons. The molecule has 0 fully saturated rings. The fourth-order valence-corrected chi connectivity index (χ4v) is 6.05. The molecule has 53 heavy (non-hydrogen) atoms. The first kappa shape index (κ1) is 38.2. The zero-order chi connectivity index (χ0) is 38.6. The lowest BCUT2D eigenvalue weighted by Crippen LogP contribution is -2.35. The van der Waals surface area contributed by atoms with E-state index in [1.807, 2.05) is 18.4 Å². The summed E-state index contributed by atoms with van der Waals surface area (Å²) in [5.74, 6) is -0.558. The van der Waals surface area contributed by atoms with Crippen molar-refractivity contribution in [2.24, 2.45) is 11.5 Å². The van der Waals surface area contributed by atoms with Crippen molar-refractivity contribution in [1.82, 2.24) is 24.2 Å². The van der Waals surface area contributed by atoms with Gasteiger partial charge in [-0.3, -0.25) is 24.4 Å².